The highest BCUT2D eigenvalue weighted by molar-refractivity contribution is 6.04. The van der Waals surface area contributed by atoms with Crippen LogP contribution >= 0.6 is 0 Å². The first-order valence-corrected chi connectivity index (χ1v) is 11.6. The molecule has 0 saturated carbocycles. The molecule has 4 rings (SSSR count). The van der Waals surface area contributed by atoms with E-state index in [9.17, 15) is 14.4 Å². The van der Waals surface area contributed by atoms with Gasteiger partial charge in [0, 0.05) is 18.7 Å². The quantitative estimate of drug-likeness (QED) is 0.555. The van der Waals surface area contributed by atoms with Gasteiger partial charge < -0.3 is 14.2 Å². The van der Waals surface area contributed by atoms with Crippen molar-refractivity contribution in [3.63, 3.8) is 0 Å². The van der Waals surface area contributed by atoms with Crippen molar-refractivity contribution in [1.29, 1.82) is 0 Å². The molecule has 0 radical (unpaired) electrons. The van der Waals surface area contributed by atoms with Crippen molar-refractivity contribution in [3.05, 3.63) is 60.2 Å². The lowest BCUT2D eigenvalue weighted by atomic mass is 9.73. The number of fused-ring (bicyclic) bond motifs is 1. The number of nitrogens with zero attached hydrogens (tertiary/aromatic N) is 2. The topological polar surface area (TPSA) is 94.6 Å². The summed E-state index contributed by atoms with van der Waals surface area (Å²) in [6.45, 7) is 1.90. The lowest BCUT2D eigenvalue weighted by Gasteiger charge is -2.46. The number of carbonyl (C=O) groups is 3. The van der Waals surface area contributed by atoms with E-state index >= 15 is 0 Å². The van der Waals surface area contributed by atoms with E-state index in [1.54, 1.807) is 45.3 Å². The van der Waals surface area contributed by atoms with Crippen LogP contribution in [-0.4, -0.2) is 69.0 Å². The normalized spacial score (nSPS) is 26.2. The van der Waals surface area contributed by atoms with E-state index in [-0.39, 0.29) is 6.61 Å². The monoisotopic (exact) mass is 482 g/mol. The molecule has 2 saturated heterocycles. The second-order valence-electron chi connectivity index (χ2n) is 8.57. The first-order valence-electron chi connectivity index (χ1n) is 11.6. The van der Waals surface area contributed by atoms with Crippen LogP contribution < -0.4 is 9.64 Å². The predicted molar refractivity (Wildman–Crippen MR) is 126 cm³/mol. The number of amides is 1. The molecule has 2 aliphatic heterocycles. The van der Waals surface area contributed by atoms with Crippen molar-refractivity contribution in [3.8, 4) is 5.75 Å². The van der Waals surface area contributed by atoms with Crippen LogP contribution in [0.5, 0.6) is 5.75 Å². The van der Waals surface area contributed by atoms with Gasteiger partial charge in [-0.1, -0.05) is 30.3 Å². The summed E-state index contributed by atoms with van der Waals surface area (Å²) in [4.78, 5) is 47.4. The number of ether oxygens (including phenoxy) is 3. The van der Waals surface area contributed by atoms with Crippen molar-refractivity contribution in [2.45, 2.75) is 31.5 Å². The Morgan fingerprint density at radius 2 is 1.69 bits per heavy atom. The lowest BCUT2D eigenvalue weighted by molar-refractivity contribution is -0.182. The highest BCUT2D eigenvalue weighted by Crippen LogP contribution is 2.44. The third kappa shape index (κ3) is 4.61. The third-order valence-corrected chi connectivity index (χ3v) is 6.67. The minimum atomic E-state index is -1.12. The molecule has 0 N–H and O–H groups in total. The standard InChI is InChI=1S/C26H30N2O7/c1-5-34-25(30)22-19(15-16-9-7-6-8-10-16)21-20(23(26(31)33-4)35-27(21)2)24(29)28(22)17-11-13-18(32-3)14-12-17/h6-14,19-23H,5,15H2,1-4H3/t19-,20+,21-,22+,23+/m1/s1. The summed E-state index contributed by atoms with van der Waals surface area (Å²) < 4.78 is 15.7. The molecule has 0 aliphatic carbocycles. The Bertz CT molecular complexity index is 1060. The van der Waals surface area contributed by atoms with Gasteiger partial charge in [0.05, 0.1) is 32.8 Å². The van der Waals surface area contributed by atoms with Gasteiger partial charge in [0.25, 0.3) is 0 Å². The summed E-state index contributed by atoms with van der Waals surface area (Å²) in [5.74, 6) is -2.23. The van der Waals surface area contributed by atoms with Gasteiger partial charge in [-0.3, -0.25) is 14.5 Å². The minimum absolute atomic E-state index is 0.170. The summed E-state index contributed by atoms with van der Waals surface area (Å²) in [7, 11) is 4.49. The number of hydrogen-bond donors (Lipinski definition) is 0. The Labute approximate surface area is 204 Å². The molecule has 5 atom stereocenters. The van der Waals surface area contributed by atoms with Gasteiger partial charge in [-0.15, -0.1) is 0 Å². The number of rotatable bonds is 7. The fourth-order valence-electron chi connectivity index (χ4n) is 5.17. The molecule has 2 heterocycles. The first kappa shape index (κ1) is 24.7. The number of methoxy groups -OCH3 is 2. The molecular weight excluding hydrogens is 452 g/mol. The summed E-state index contributed by atoms with van der Waals surface area (Å²) in [5, 5.41) is 1.52. The van der Waals surface area contributed by atoms with E-state index in [2.05, 4.69) is 0 Å². The molecule has 2 fully saturated rings. The van der Waals surface area contributed by atoms with Gasteiger partial charge in [-0.25, -0.2) is 9.59 Å². The van der Waals surface area contributed by atoms with Crippen LogP contribution in [0.3, 0.4) is 0 Å². The zero-order valence-corrected chi connectivity index (χ0v) is 20.2. The predicted octanol–water partition coefficient (Wildman–Crippen LogP) is 2.24. The number of hydroxylamine groups is 2. The van der Waals surface area contributed by atoms with Gasteiger partial charge >= 0.3 is 11.9 Å². The molecule has 2 aromatic rings. The largest absolute Gasteiger partial charge is 0.497 e. The van der Waals surface area contributed by atoms with Gasteiger partial charge in [0.1, 0.15) is 11.8 Å². The second-order valence-corrected chi connectivity index (χ2v) is 8.57. The van der Waals surface area contributed by atoms with Crippen molar-refractivity contribution < 1.29 is 33.4 Å². The summed E-state index contributed by atoms with van der Waals surface area (Å²) in [6.07, 6.45) is -0.655. The molecule has 0 unspecified atom stereocenters. The smallest absolute Gasteiger partial charge is 0.338 e. The molecule has 35 heavy (non-hydrogen) atoms. The van der Waals surface area contributed by atoms with Crippen molar-refractivity contribution in [2.24, 2.45) is 11.8 Å². The third-order valence-electron chi connectivity index (χ3n) is 6.67. The Balaban J connectivity index is 1.86. The summed E-state index contributed by atoms with van der Waals surface area (Å²) in [6, 6.07) is 15.1. The number of anilines is 1. The number of piperidine rings is 1. The summed E-state index contributed by atoms with van der Waals surface area (Å²) >= 11 is 0. The number of benzene rings is 2. The van der Waals surface area contributed by atoms with Gasteiger partial charge in [-0.2, -0.15) is 5.06 Å². The molecular formula is C26H30N2O7. The molecule has 9 heteroatoms. The van der Waals surface area contributed by atoms with Gasteiger partial charge in [-0.05, 0) is 43.2 Å². The van der Waals surface area contributed by atoms with Crippen LogP contribution in [0.1, 0.15) is 12.5 Å². The highest BCUT2D eigenvalue weighted by Gasteiger charge is 2.61. The maximum atomic E-state index is 14.0. The Kier molecular flexibility index (Phi) is 7.37. The number of carbonyl (C=O) groups excluding carboxylic acids is 3. The average molecular weight is 483 g/mol. The van der Waals surface area contributed by atoms with Crippen molar-refractivity contribution in [2.75, 3.05) is 32.8 Å². The fraction of sp³-hybridized carbons (Fsp3) is 0.423. The zero-order valence-electron chi connectivity index (χ0n) is 20.2. The Morgan fingerprint density at radius 1 is 1.00 bits per heavy atom. The highest BCUT2D eigenvalue weighted by atomic mass is 16.7. The van der Waals surface area contributed by atoms with Gasteiger partial charge in [0.15, 0.2) is 6.10 Å². The second kappa shape index (κ2) is 10.5. The van der Waals surface area contributed by atoms with Gasteiger partial charge in [0.2, 0.25) is 5.91 Å². The molecule has 1 amide bonds. The lowest BCUT2D eigenvalue weighted by Crippen LogP contribution is -2.65. The first-order chi connectivity index (χ1) is 16.9. The Hall–Kier alpha value is -3.43. The van der Waals surface area contributed by atoms with E-state index in [4.69, 9.17) is 19.0 Å². The van der Waals surface area contributed by atoms with Crippen LogP contribution in [0.15, 0.2) is 54.6 Å². The molecule has 0 aromatic heterocycles. The zero-order chi connectivity index (χ0) is 25.1. The van der Waals surface area contributed by atoms with Crippen LogP contribution in [-0.2, 0) is 35.1 Å². The maximum absolute atomic E-state index is 14.0. The van der Waals surface area contributed by atoms with Crippen molar-refractivity contribution >= 4 is 23.5 Å². The molecule has 186 valence electrons. The van der Waals surface area contributed by atoms with Crippen molar-refractivity contribution in [1.82, 2.24) is 5.06 Å². The van der Waals surface area contributed by atoms with E-state index in [1.807, 2.05) is 30.3 Å². The SMILES string of the molecule is CCOC(=O)[C@@H]1[C@H](Cc2ccccc2)[C@@H]2[C@H](C(=O)N1c1ccc(OC)cc1)[C@@H](C(=O)OC)ON2C. The minimum Gasteiger partial charge on any atom is -0.497 e. The molecule has 2 aromatic carbocycles. The van der Waals surface area contributed by atoms with Crippen LogP contribution in [0.2, 0.25) is 0 Å². The van der Waals surface area contributed by atoms with E-state index < -0.39 is 47.9 Å². The van der Waals surface area contributed by atoms with E-state index in [0.717, 1.165) is 5.56 Å². The maximum Gasteiger partial charge on any atom is 0.338 e. The number of esters is 2. The molecule has 0 bridgehead atoms. The van der Waals surface area contributed by atoms with E-state index in [0.29, 0.717) is 17.9 Å². The van der Waals surface area contributed by atoms with Crippen LogP contribution in [0.4, 0.5) is 5.69 Å². The molecule has 9 nitrogen and oxygen atoms in total. The van der Waals surface area contributed by atoms with Crippen LogP contribution in [0, 0.1) is 11.8 Å². The Morgan fingerprint density at radius 3 is 2.29 bits per heavy atom. The molecule has 0 spiro atoms. The van der Waals surface area contributed by atoms with E-state index in [1.165, 1.54) is 17.1 Å². The number of hydrogen-bond acceptors (Lipinski definition) is 8. The molecule has 2 aliphatic rings. The summed E-state index contributed by atoms with van der Waals surface area (Å²) in [5.41, 5.74) is 1.49. The average Bonchev–Trinajstić information content (AvgIpc) is 3.23. The van der Waals surface area contributed by atoms with Crippen LogP contribution in [0.25, 0.3) is 0 Å². The fourth-order valence-corrected chi connectivity index (χ4v) is 5.17.